The summed E-state index contributed by atoms with van der Waals surface area (Å²) in [4.78, 5) is 10.3. The zero-order valence-electron chi connectivity index (χ0n) is 14.8. The van der Waals surface area contributed by atoms with Crippen molar-refractivity contribution in [2.75, 3.05) is 13.7 Å². The molecule has 0 fully saturated rings. The number of aromatic nitrogens is 4. The highest BCUT2D eigenvalue weighted by atomic mass is 35.5. The van der Waals surface area contributed by atoms with Crippen LogP contribution in [0.25, 0.3) is 21.7 Å². The molecule has 140 valence electrons. The number of fused-ring (bicyclic) bond motifs is 1. The van der Waals surface area contributed by atoms with Crippen molar-refractivity contribution in [1.82, 2.24) is 19.7 Å². The molecule has 0 saturated heterocycles. The molecule has 0 saturated carbocycles. The van der Waals surface area contributed by atoms with Crippen LogP contribution in [-0.2, 0) is 11.3 Å². The fourth-order valence-corrected chi connectivity index (χ4v) is 4.48. The third-order valence-electron chi connectivity index (χ3n) is 4.01. The van der Waals surface area contributed by atoms with Crippen molar-refractivity contribution in [3.8, 4) is 10.7 Å². The molecule has 0 aliphatic carbocycles. The molecule has 6 nitrogen and oxygen atoms in total. The molecule has 1 aromatic carbocycles. The summed E-state index contributed by atoms with van der Waals surface area (Å²) >= 11 is 9.29. The number of rotatable bonds is 7. The molecule has 1 atom stereocenters. The maximum absolute atomic E-state index is 6.12. The number of halogens is 1. The highest BCUT2D eigenvalue weighted by Crippen LogP contribution is 2.36. The Morgan fingerprint density at radius 2 is 2.22 bits per heavy atom. The molecular weight excluding hydrogens is 404 g/mol. The summed E-state index contributed by atoms with van der Waals surface area (Å²) in [6.45, 7) is 3.33. The second kappa shape index (κ2) is 8.02. The molecule has 0 spiro atoms. The molecule has 3 aromatic heterocycles. The van der Waals surface area contributed by atoms with Crippen molar-refractivity contribution in [2.24, 2.45) is 0 Å². The number of thioether (sulfide) groups is 1. The number of methoxy groups -OCH3 is 1. The predicted octanol–water partition coefficient (Wildman–Crippen LogP) is 5.30. The minimum Gasteiger partial charge on any atom is -0.383 e. The Balaban J connectivity index is 1.62. The summed E-state index contributed by atoms with van der Waals surface area (Å²) in [6, 6.07) is 9.67. The average Bonchev–Trinajstić information content (AvgIpc) is 3.39. The van der Waals surface area contributed by atoms with Crippen molar-refractivity contribution in [3.63, 3.8) is 0 Å². The number of ether oxygens (including phenoxy) is 1. The van der Waals surface area contributed by atoms with Crippen molar-refractivity contribution in [3.05, 3.63) is 46.6 Å². The van der Waals surface area contributed by atoms with E-state index in [2.05, 4.69) is 14.7 Å². The van der Waals surface area contributed by atoms with Crippen LogP contribution in [0.3, 0.4) is 0 Å². The van der Waals surface area contributed by atoms with Crippen LogP contribution in [0.5, 0.6) is 0 Å². The van der Waals surface area contributed by atoms with Crippen LogP contribution >= 0.6 is 34.7 Å². The number of imidazole rings is 1. The summed E-state index contributed by atoms with van der Waals surface area (Å²) in [6.07, 6.45) is 0. The average molecular weight is 421 g/mol. The highest BCUT2D eigenvalue weighted by Gasteiger charge is 2.21. The van der Waals surface area contributed by atoms with Crippen LogP contribution in [-0.4, -0.2) is 33.4 Å². The van der Waals surface area contributed by atoms with Crippen molar-refractivity contribution in [2.45, 2.75) is 23.9 Å². The summed E-state index contributed by atoms with van der Waals surface area (Å²) in [7, 11) is 1.69. The Morgan fingerprint density at radius 3 is 3.00 bits per heavy atom. The summed E-state index contributed by atoms with van der Waals surface area (Å²) < 4.78 is 12.9. The van der Waals surface area contributed by atoms with E-state index in [-0.39, 0.29) is 5.25 Å². The van der Waals surface area contributed by atoms with E-state index < -0.39 is 0 Å². The fourth-order valence-electron chi connectivity index (χ4n) is 2.68. The molecule has 0 N–H and O–H groups in total. The van der Waals surface area contributed by atoms with Crippen molar-refractivity contribution in [1.29, 1.82) is 0 Å². The largest absolute Gasteiger partial charge is 0.383 e. The highest BCUT2D eigenvalue weighted by molar-refractivity contribution is 7.99. The number of thiophene rings is 1. The lowest BCUT2D eigenvalue weighted by Gasteiger charge is -2.10. The van der Waals surface area contributed by atoms with Gasteiger partial charge in [-0.05, 0) is 36.6 Å². The van der Waals surface area contributed by atoms with E-state index in [1.54, 1.807) is 30.2 Å². The third kappa shape index (κ3) is 3.89. The van der Waals surface area contributed by atoms with Gasteiger partial charge in [0.1, 0.15) is 0 Å². The topological polar surface area (TPSA) is 66.0 Å². The Hall–Kier alpha value is -1.87. The zero-order valence-corrected chi connectivity index (χ0v) is 17.1. The van der Waals surface area contributed by atoms with E-state index in [9.17, 15) is 0 Å². The van der Waals surface area contributed by atoms with Crippen LogP contribution in [0.4, 0.5) is 0 Å². The maximum Gasteiger partial charge on any atom is 0.240 e. The first-order chi connectivity index (χ1) is 13.2. The molecule has 0 bridgehead atoms. The lowest BCUT2D eigenvalue weighted by Crippen LogP contribution is -2.06. The molecule has 4 aromatic rings. The number of benzene rings is 1. The molecule has 27 heavy (non-hydrogen) atoms. The van der Waals surface area contributed by atoms with Crippen molar-refractivity contribution < 1.29 is 9.26 Å². The molecule has 9 heteroatoms. The van der Waals surface area contributed by atoms with Gasteiger partial charge in [-0.25, -0.2) is 4.98 Å². The Kier molecular flexibility index (Phi) is 5.49. The molecule has 0 radical (unpaired) electrons. The first-order valence-corrected chi connectivity index (χ1v) is 10.5. The molecule has 0 amide bonds. The standard InChI is InChI=1S/C18H17ClN4O2S2/c1-11(17-21-16(22-25-17)15-4-3-9-26-15)27-18-20-13-10-12(19)5-6-14(13)23(18)7-8-24-2/h3-6,9-11H,7-8H2,1-2H3. The van der Waals surface area contributed by atoms with Crippen LogP contribution in [0.15, 0.2) is 45.4 Å². The van der Waals surface area contributed by atoms with E-state index >= 15 is 0 Å². The normalized spacial score (nSPS) is 12.7. The lowest BCUT2D eigenvalue weighted by atomic mass is 10.3. The van der Waals surface area contributed by atoms with E-state index in [4.69, 9.17) is 25.8 Å². The van der Waals surface area contributed by atoms with Crippen LogP contribution < -0.4 is 0 Å². The van der Waals surface area contributed by atoms with Crippen LogP contribution in [0.2, 0.25) is 5.02 Å². The minimum absolute atomic E-state index is 0.0419. The van der Waals surface area contributed by atoms with Gasteiger partial charge in [0, 0.05) is 18.7 Å². The predicted molar refractivity (Wildman–Crippen MR) is 109 cm³/mol. The van der Waals surface area contributed by atoms with Gasteiger partial charge < -0.3 is 13.8 Å². The van der Waals surface area contributed by atoms with Gasteiger partial charge in [0.05, 0.1) is 27.8 Å². The molecule has 0 aliphatic rings. The van der Waals surface area contributed by atoms with Gasteiger partial charge in [0.15, 0.2) is 5.16 Å². The molecule has 0 aliphatic heterocycles. The van der Waals surface area contributed by atoms with Gasteiger partial charge in [0.25, 0.3) is 0 Å². The van der Waals surface area contributed by atoms with Crippen LogP contribution in [0, 0.1) is 0 Å². The summed E-state index contributed by atoms with van der Waals surface area (Å²) in [5.74, 6) is 1.19. The summed E-state index contributed by atoms with van der Waals surface area (Å²) in [5, 5.41) is 7.58. The second-order valence-corrected chi connectivity index (χ2v) is 8.56. The number of nitrogens with zero attached hydrogens (tertiary/aromatic N) is 4. The fraction of sp³-hybridized carbons (Fsp3) is 0.278. The Bertz CT molecular complexity index is 1050. The van der Waals surface area contributed by atoms with Crippen molar-refractivity contribution >= 4 is 45.7 Å². The Morgan fingerprint density at radius 1 is 1.33 bits per heavy atom. The number of hydrogen-bond acceptors (Lipinski definition) is 7. The quantitative estimate of drug-likeness (QED) is 0.378. The van der Waals surface area contributed by atoms with Gasteiger partial charge in [-0.2, -0.15) is 4.98 Å². The first-order valence-electron chi connectivity index (χ1n) is 8.34. The third-order valence-corrected chi connectivity index (χ3v) is 6.19. The molecule has 1 unspecified atom stereocenters. The van der Waals surface area contributed by atoms with Gasteiger partial charge in [-0.1, -0.05) is 34.6 Å². The van der Waals surface area contributed by atoms with Gasteiger partial charge in [-0.15, -0.1) is 11.3 Å². The van der Waals surface area contributed by atoms with E-state index in [1.165, 1.54) is 0 Å². The minimum atomic E-state index is -0.0419. The first kappa shape index (κ1) is 18.5. The Labute approximate surface area is 169 Å². The van der Waals surface area contributed by atoms with Gasteiger partial charge >= 0.3 is 0 Å². The number of hydrogen-bond donors (Lipinski definition) is 0. The molecule has 3 heterocycles. The van der Waals surface area contributed by atoms with E-state index in [0.29, 0.717) is 29.9 Å². The zero-order chi connectivity index (χ0) is 18.8. The second-order valence-electron chi connectivity index (χ2n) is 5.87. The van der Waals surface area contributed by atoms with Gasteiger partial charge in [-0.3, -0.25) is 0 Å². The smallest absolute Gasteiger partial charge is 0.240 e. The maximum atomic E-state index is 6.12. The van der Waals surface area contributed by atoms with E-state index in [1.807, 2.05) is 42.6 Å². The lowest BCUT2D eigenvalue weighted by molar-refractivity contribution is 0.186. The monoisotopic (exact) mass is 420 g/mol. The van der Waals surface area contributed by atoms with Gasteiger partial charge in [0.2, 0.25) is 11.7 Å². The van der Waals surface area contributed by atoms with E-state index in [0.717, 1.165) is 21.1 Å². The van der Waals surface area contributed by atoms with Crippen LogP contribution in [0.1, 0.15) is 18.1 Å². The summed E-state index contributed by atoms with van der Waals surface area (Å²) in [5.41, 5.74) is 1.88. The molecule has 4 rings (SSSR count). The SMILES string of the molecule is COCCn1c(SC(C)c2nc(-c3cccs3)no2)nc2cc(Cl)ccc21. The molecular formula is C18H17ClN4O2S2.